The highest BCUT2D eigenvalue weighted by Gasteiger charge is 2.22. The third-order valence-corrected chi connectivity index (χ3v) is 4.72. The number of aromatic nitrogens is 1. The molecule has 0 aliphatic rings. The molecule has 1 heterocycles. The van der Waals surface area contributed by atoms with Gasteiger partial charge in [0, 0.05) is 28.0 Å². The van der Waals surface area contributed by atoms with E-state index in [2.05, 4.69) is 10.3 Å². The summed E-state index contributed by atoms with van der Waals surface area (Å²) in [6.07, 6.45) is 1.64. The van der Waals surface area contributed by atoms with Crippen LogP contribution in [0.15, 0.2) is 54.7 Å². The van der Waals surface area contributed by atoms with Gasteiger partial charge in [-0.2, -0.15) is 0 Å². The number of nitrogens with zero attached hydrogens (tertiary/aromatic N) is 1. The number of hydrogen-bond acceptors (Lipinski definition) is 3. The van der Waals surface area contributed by atoms with E-state index < -0.39 is 17.9 Å². The van der Waals surface area contributed by atoms with Crippen LogP contribution in [-0.2, 0) is 11.2 Å². The molecule has 0 spiro atoms. The predicted molar refractivity (Wildman–Crippen MR) is 102 cm³/mol. The number of pyridine rings is 1. The number of nitrogens with one attached hydrogen (secondary N) is 1. The fourth-order valence-corrected chi connectivity index (χ4v) is 3.24. The van der Waals surface area contributed by atoms with Gasteiger partial charge in [-0.25, -0.2) is 0 Å². The second-order valence-corrected chi connectivity index (χ2v) is 6.52. The van der Waals surface area contributed by atoms with E-state index in [1.165, 1.54) is 0 Å². The van der Waals surface area contributed by atoms with Crippen LogP contribution in [0.1, 0.15) is 15.9 Å². The van der Waals surface area contributed by atoms with Gasteiger partial charge >= 0.3 is 0 Å². The van der Waals surface area contributed by atoms with Gasteiger partial charge in [0.1, 0.15) is 6.04 Å². The molecule has 7 heteroatoms. The molecule has 0 saturated heterocycles. The van der Waals surface area contributed by atoms with Crippen molar-refractivity contribution < 1.29 is 9.59 Å². The molecule has 5 nitrogen and oxygen atoms in total. The Hall–Kier alpha value is -2.63. The average Bonchev–Trinajstić information content (AvgIpc) is 2.63. The Morgan fingerprint density at radius 2 is 1.73 bits per heavy atom. The first kappa shape index (κ1) is 18.2. The molecule has 0 radical (unpaired) electrons. The molecule has 0 bridgehead atoms. The number of fused-ring (bicyclic) bond motifs is 1. The quantitative estimate of drug-likeness (QED) is 0.703. The first-order valence-corrected chi connectivity index (χ1v) is 8.60. The molecule has 2 aromatic carbocycles. The molecule has 2 amide bonds. The van der Waals surface area contributed by atoms with E-state index in [9.17, 15) is 9.59 Å². The molecule has 3 aromatic rings. The minimum absolute atomic E-state index is 0.0998. The van der Waals surface area contributed by atoms with Gasteiger partial charge in [-0.3, -0.25) is 14.6 Å². The zero-order valence-corrected chi connectivity index (χ0v) is 15.1. The van der Waals surface area contributed by atoms with E-state index in [0.29, 0.717) is 32.1 Å². The summed E-state index contributed by atoms with van der Waals surface area (Å²) in [5.74, 6) is -1.09. The normalized spacial score (nSPS) is 11.9. The Labute approximate surface area is 160 Å². The van der Waals surface area contributed by atoms with Gasteiger partial charge < -0.3 is 11.1 Å². The Bertz CT molecular complexity index is 966. The van der Waals surface area contributed by atoms with Crippen molar-refractivity contribution in [1.82, 2.24) is 10.3 Å². The Morgan fingerprint density at radius 3 is 2.42 bits per heavy atom. The summed E-state index contributed by atoms with van der Waals surface area (Å²) in [5, 5.41) is 4.18. The van der Waals surface area contributed by atoms with Crippen molar-refractivity contribution in [1.29, 1.82) is 0 Å². The summed E-state index contributed by atoms with van der Waals surface area (Å²) in [5.41, 5.74) is 7.12. The van der Waals surface area contributed by atoms with Gasteiger partial charge in [0.05, 0.1) is 11.1 Å². The summed E-state index contributed by atoms with van der Waals surface area (Å²) in [7, 11) is 0. The number of hydrogen-bond donors (Lipinski definition) is 2. The number of carbonyl (C=O) groups excluding carboxylic acids is 2. The number of benzene rings is 2. The maximum atomic E-state index is 12.7. The lowest BCUT2D eigenvalue weighted by Gasteiger charge is -2.17. The van der Waals surface area contributed by atoms with Crippen LogP contribution in [0.3, 0.4) is 0 Å². The number of para-hydroxylation sites is 1. The largest absolute Gasteiger partial charge is 0.368 e. The Morgan fingerprint density at radius 1 is 1.04 bits per heavy atom. The van der Waals surface area contributed by atoms with Gasteiger partial charge in [-0.15, -0.1) is 0 Å². The van der Waals surface area contributed by atoms with Crippen LogP contribution in [0.2, 0.25) is 10.0 Å². The molecule has 1 aromatic heterocycles. The number of rotatable bonds is 5. The van der Waals surface area contributed by atoms with E-state index >= 15 is 0 Å². The molecule has 0 aliphatic carbocycles. The van der Waals surface area contributed by atoms with Gasteiger partial charge in [0.25, 0.3) is 5.91 Å². The number of carbonyl (C=O) groups is 2. The minimum Gasteiger partial charge on any atom is -0.368 e. The lowest BCUT2D eigenvalue weighted by Crippen LogP contribution is -2.46. The van der Waals surface area contributed by atoms with E-state index in [1.807, 2.05) is 12.1 Å². The molecule has 26 heavy (non-hydrogen) atoms. The van der Waals surface area contributed by atoms with Crippen LogP contribution >= 0.6 is 23.2 Å². The second kappa shape index (κ2) is 7.72. The zero-order valence-electron chi connectivity index (χ0n) is 13.6. The van der Waals surface area contributed by atoms with Crippen LogP contribution in [0.4, 0.5) is 0 Å². The Balaban J connectivity index is 1.88. The molecular formula is C19H15Cl2N3O2. The number of halogens is 2. The summed E-state index contributed by atoms with van der Waals surface area (Å²) in [4.78, 5) is 28.8. The lowest BCUT2D eigenvalue weighted by atomic mass is 10.0. The average molecular weight is 388 g/mol. The van der Waals surface area contributed by atoms with E-state index in [1.54, 1.807) is 42.6 Å². The van der Waals surface area contributed by atoms with Crippen molar-refractivity contribution in [3.8, 4) is 0 Å². The molecule has 0 fully saturated rings. The second-order valence-electron chi connectivity index (χ2n) is 5.71. The molecule has 132 valence electrons. The van der Waals surface area contributed by atoms with Gasteiger partial charge in [-0.1, -0.05) is 47.5 Å². The molecular weight excluding hydrogens is 373 g/mol. The molecule has 0 saturated carbocycles. The fourth-order valence-electron chi connectivity index (χ4n) is 2.68. The summed E-state index contributed by atoms with van der Waals surface area (Å²) in [6.45, 7) is 0. The molecule has 0 aliphatic heterocycles. The first-order valence-electron chi connectivity index (χ1n) is 7.84. The van der Waals surface area contributed by atoms with Crippen LogP contribution in [-0.4, -0.2) is 22.8 Å². The van der Waals surface area contributed by atoms with Crippen molar-refractivity contribution >= 4 is 45.9 Å². The third-order valence-electron chi connectivity index (χ3n) is 4.01. The predicted octanol–water partition coefficient (Wildman–Crippen LogP) is 3.37. The summed E-state index contributed by atoms with van der Waals surface area (Å²) < 4.78 is 0. The van der Waals surface area contributed by atoms with Crippen molar-refractivity contribution in [3.63, 3.8) is 0 Å². The van der Waals surface area contributed by atoms with E-state index in [-0.39, 0.29) is 6.42 Å². The van der Waals surface area contributed by atoms with Crippen molar-refractivity contribution in [3.05, 3.63) is 75.9 Å². The van der Waals surface area contributed by atoms with Crippen molar-refractivity contribution in [2.45, 2.75) is 12.5 Å². The Kier molecular flexibility index (Phi) is 5.40. The van der Waals surface area contributed by atoms with Gasteiger partial charge in [-0.05, 0) is 29.8 Å². The smallest absolute Gasteiger partial charge is 0.252 e. The highest BCUT2D eigenvalue weighted by atomic mass is 35.5. The lowest BCUT2D eigenvalue weighted by molar-refractivity contribution is -0.119. The maximum absolute atomic E-state index is 12.7. The highest BCUT2D eigenvalue weighted by molar-refractivity contribution is 6.36. The summed E-state index contributed by atoms with van der Waals surface area (Å²) >= 11 is 12.3. The molecule has 3 rings (SSSR count). The van der Waals surface area contributed by atoms with Crippen molar-refractivity contribution in [2.24, 2.45) is 5.73 Å². The minimum atomic E-state index is -0.952. The highest BCUT2D eigenvalue weighted by Crippen LogP contribution is 2.25. The van der Waals surface area contributed by atoms with E-state index in [4.69, 9.17) is 28.9 Å². The molecule has 0 unspecified atom stereocenters. The fraction of sp³-hybridized carbons (Fsp3) is 0.105. The third kappa shape index (κ3) is 3.79. The number of primary amides is 1. The standard InChI is InChI=1S/C19H15Cl2N3O2/c20-14-5-3-6-15(21)13(14)10-17(18(22)25)24-19(26)12-8-9-23-16-7-2-1-4-11(12)16/h1-9,17H,10H2,(H2,22,25)(H,24,26)/t17-/m1/s1. The molecule has 1 atom stereocenters. The zero-order chi connectivity index (χ0) is 18.7. The summed E-state index contributed by atoms with van der Waals surface area (Å²) in [6, 6.07) is 12.9. The number of nitrogens with two attached hydrogens (primary N) is 1. The topological polar surface area (TPSA) is 85.1 Å². The number of amides is 2. The van der Waals surface area contributed by atoms with E-state index in [0.717, 1.165) is 0 Å². The SMILES string of the molecule is NC(=O)[C@@H](Cc1c(Cl)cccc1Cl)NC(=O)c1ccnc2ccccc12. The molecule has 3 N–H and O–H groups in total. The van der Waals surface area contributed by atoms with Gasteiger partial charge in [0.15, 0.2) is 0 Å². The van der Waals surface area contributed by atoms with Crippen LogP contribution in [0.5, 0.6) is 0 Å². The maximum Gasteiger partial charge on any atom is 0.252 e. The van der Waals surface area contributed by atoms with Crippen LogP contribution in [0, 0.1) is 0 Å². The van der Waals surface area contributed by atoms with Gasteiger partial charge in [0.2, 0.25) is 5.91 Å². The van der Waals surface area contributed by atoms with Crippen LogP contribution in [0.25, 0.3) is 10.9 Å². The van der Waals surface area contributed by atoms with Crippen molar-refractivity contribution in [2.75, 3.05) is 0 Å². The monoisotopic (exact) mass is 387 g/mol. The first-order chi connectivity index (χ1) is 12.5. The van der Waals surface area contributed by atoms with Crippen LogP contribution < -0.4 is 11.1 Å².